The first kappa shape index (κ1) is 46.5. The molecule has 0 aliphatic carbocycles. The molecule has 2 aromatic heterocycles. The van der Waals surface area contributed by atoms with Crippen LogP contribution in [0.15, 0.2) is 139 Å². The number of aromatic nitrogens is 2. The maximum atomic E-state index is 9.10. The summed E-state index contributed by atoms with van der Waals surface area (Å²) >= 11 is 1.62. The van der Waals surface area contributed by atoms with Crippen molar-refractivity contribution < 1.29 is 25.6 Å². The summed E-state index contributed by atoms with van der Waals surface area (Å²) in [7, 11) is 0. The number of rotatable bonds is 20. The van der Waals surface area contributed by atoms with E-state index in [0.29, 0.717) is 36.2 Å². The third-order valence-corrected chi connectivity index (χ3v) is 14.3. The van der Waals surface area contributed by atoms with Crippen LogP contribution in [-0.4, -0.2) is 59.5 Å². The number of hydrogen-bond acceptors (Lipinski definition) is 9. The summed E-state index contributed by atoms with van der Waals surface area (Å²) in [6, 6.07) is 32.8. The van der Waals surface area contributed by atoms with Gasteiger partial charge in [0.05, 0.1) is 0 Å². The Morgan fingerprint density at radius 1 is 0.463 bits per heavy atom. The van der Waals surface area contributed by atoms with E-state index in [0.717, 1.165) is 79.3 Å². The van der Waals surface area contributed by atoms with Crippen LogP contribution in [0.1, 0.15) is 138 Å². The van der Waals surface area contributed by atoms with Gasteiger partial charge in [-0.05, 0) is 44.9 Å². The van der Waals surface area contributed by atoms with Crippen LogP contribution in [0.3, 0.4) is 0 Å². The Bertz CT molecular complexity index is 2840. The van der Waals surface area contributed by atoms with Gasteiger partial charge in [-0.2, -0.15) is 0 Å². The van der Waals surface area contributed by atoms with Crippen molar-refractivity contribution in [3.05, 3.63) is 142 Å². The van der Waals surface area contributed by atoms with Crippen LogP contribution in [0.5, 0.6) is 0 Å². The van der Waals surface area contributed by atoms with E-state index in [4.69, 9.17) is 45.9 Å². The normalized spacial score (nSPS) is 17.1. The summed E-state index contributed by atoms with van der Waals surface area (Å²) < 4.78 is 4.13. The number of aliphatic hydroxyl groups is 2. The molecular formula is C55H63CuN9O2. The van der Waals surface area contributed by atoms with Gasteiger partial charge < -0.3 is 15.9 Å². The predicted molar refractivity (Wildman–Crippen MR) is 270 cm³/mol. The molecule has 4 aromatic carbocycles. The van der Waals surface area contributed by atoms with Crippen LogP contribution in [0, 0.1) is 0 Å². The first-order valence-corrected chi connectivity index (χ1v) is 25.3. The van der Waals surface area contributed by atoms with Gasteiger partial charge in [0.25, 0.3) is 0 Å². The number of aliphatic hydroxyl groups excluding tert-OH is 2. The Hall–Kier alpha value is -5.62. The monoisotopic (exact) mass is 944 g/mol. The number of aliphatic imine (C=N–C) groups is 4. The molecule has 0 saturated carbocycles. The molecule has 4 aliphatic heterocycles. The van der Waals surface area contributed by atoms with Crippen molar-refractivity contribution in [2.75, 3.05) is 13.2 Å². The first-order chi connectivity index (χ1) is 33.0. The predicted octanol–water partition coefficient (Wildman–Crippen LogP) is 10.7. The number of benzene rings is 4. The summed E-state index contributed by atoms with van der Waals surface area (Å²) in [6.07, 6.45) is 25.2. The third kappa shape index (κ3) is 10.3. The quantitative estimate of drug-likeness (QED) is 0.0397. The van der Waals surface area contributed by atoms with E-state index in [9.17, 15) is 0 Å². The SMILES string of the molecule is CCCCCCCC/C=C\CCCCCCCCC(N)(CCO)CCO.c1ccc2c(c1)C1=NC/2=N\c2c3ccccc3c3[n]2[Cu][n]2/c(c4ccccc4/c2=N/C2=N\C(=N/3)c3ccccc32)=N\1. The molecule has 4 N–H and O–H groups in total. The molecule has 6 heterocycles. The summed E-state index contributed by atoms with van der Waals surface area (Å²) in [5.41, 5.74) is 11.2. The van der Waals surface area contributed by atoms with E-state index < -0.39 is 0 Å². The number of hydrogen-bond donors (Lipinski definition) is 3. The molecule has 11 nitrogen and oxygen atoms in total. The molecule has 0 spiro atoms. The average Bonchev–Trinajstić information content (AvgIpc) is 4.05. The molecule has 0 radical (unpaired) electrons. The van der Waals surface area contributed by atoms with Gasteiger partial charge in [-0.3, -0.25) is 0 Å². The number of fused-ring (bicyclic) bond motifs is 14. The second-order valence-corrected chi connectivity index (χ2v) is 19.0. The van der Waals surface area contributed by atoms with Crippen molar-refractivity contribution in [1.82, 2.24) is 7.17 Å². The Morgan fingerprint density at radius 3 is 1.30 bits per heavy atom. The molecule has 0 amide bonds. The minimum atomic E-state index is -0.371. The summed E-state index contributed by atoms with van der Waals surface area (Å²) in [5, 5.41) is 22.1. The van der Waals surface area contributed by atoms with Gasteiger partial charge in [0.1, 0.15) is 0 Å². The molecule has 0 saturated heterocycles. The van der Waals surface area contributed by atoms with E-state index in [1.54, 1.807) is 15.4 Å². The zero-order chi connectivity index (χ0) is 46.0. The molecule has 4 aliphatic rings. The molecule has 10 rings (SSSR count). The Kier molecular flexibility index (Phi) is 15.3. The Labute approximate surface area is 400 Å². The average molecular weight is 946 g/mol. The van der Waals surface area contributed by atoms with E-state index in [2.05, 4.69) is 74.8 Å². The van der Waals surface area contributed by atoms with Crippen LogP contribution < -0.4 is 16.7 Å². The number of allylic oxidation sites excluding steroid dienone is 2. The molecule has 351 valence electrons. The second-order valence-electron chi connectivity index (χ2n) is 18.0. The van der Waals surface area contributed by atoms with E-state index >= 15 is 0 Å². The number of nitrogens with two attached hydrogens (primary N) is 1. The van der Waals surface area contributed by atoms with Crippen LogP contribution in [-0.2, 0) is 15.4 Å². The number of amidine groups is 4. The van der Waals surface area contributed by atoms with Crippen molar-refractivity contribution in [3.63, 3.8) is 0 Å². The fraction of sp³-hybridized carbons (Fsp3) is 0.382. The maximum absolute atomic E-state index is 9.10. The number of unbranched alkanes of at least 4 members (excludes halogenated alkanes) is 12. The molecule has 6 bridgehead atoms. The standard InChI is InChI=1S/C32H16N8.C23H47NO2.Cu/c1-2-10-18-17(9-1)25-33-26(18)38-28-21-13-5-6-14-22(21)30(35-28)40-32-24-16-8-7-15-23(24)31(36-32)39-29-20-12-4-3-11-19(20)27(34-29)37-25;1-2-3-4-5-6-7-8-9-10-11-12-13-14-15-16-17-18-23(24,19-21-25)20-22-26;/h1-16H;9-10,25-26H,2-8,11-22,24H2,1H3;/q-2;;+2/b;10-9-;. The fourth-order valence-electron chi connectivity index (χ4n) is 9.38. The van der Waals surface area contributed by atoms with Crippen LogP contribution in [0.2, 0.25) is 0 Å². The summed E-state index contributed by atoms with van der Waals surface area (Å²) in [4.78, 5) is 30.8. The van der Waals surface area contributed by atoms with Gasteiger partial charge in [0, 0.05) is 18.8 Å². The summed E-state index contributed by atoms with van der Waals surface area (Å²) in [5.74, 6) is 4.04. The molecule has 0 fully saturated rings. The zero-order valence-electron chi connectivity index (χ0n) is 38.7. The van der Waals surface area contributed by atoms with Crippen molar-refractivity contribution in [2.45, 2.75) is 122 Å². The summed E-state index contributed by atoms with van der Waals surface area (Å²) in [6.45, 7) is 2.50. The van der Waals surface area contributed by atoms with Crippen molar-refractivity contribution in [1.29, 1.82) is 0 Å². The van der Waals surface area contributed by atoms with Crippen molar-refractivity contribution >= 4 is 56.5 Å². The van der Waals surface area contributed by atoms with E-state index in [1.165, 1.54) is 83.5 Å². The fourth-order valence-corrected chi connectivity index (χ4v) is 10.6. The number of nitrogens with zero attached hydrogens (tertiary/aromatic N) is 8. The van der Waals surface area contributed by atoms with Crippen LogP contribution >= 0.6 is 0 Å². The van der Waals surface area contributed by atoms with Gasteiger partial charge in [-0.25, -0.2) is 0 Å². The van der Waals surface area contributed by atoms with Crippen LogP contribution in [0.25, 0.3) is 21.5 Å². The van der Waals surface area contributed by atoms with Gasteiger partial charge in [0.2, 0.25) is 0 Å². The molecule has 0 unspecified atom stereocenters. The van der Waals surface area contributed by atoms with Gasteiger partial charge >= 0.3 is 239 Å². The Morgan fingerprint density at radius 2 is 0.851 bits per heavy atom. The van der Waals surface area contributed by atoms with Gasteiger partial charge in [0.15, 0.2) is 0 Å². The topological polar surface area (TPSA) is 150 Å². The second kappa shape index (κ2) is 22.0. The minimum absolute atomic E-state index is 0.114. The first-order valence-electron chi connectivity index (χ1n) is 24.5. The molecule has 12 heteroatoms. The van der Waals surface area contributed by atoms with E-state index in [1.807, 2.05) is 48.5 Å². The molecule has 0 atom stereocenters. The van der Waals surface area contributed by atoms with Crippen LogP contribution in [0.4, 0.5) is 11.6 Å². The van der Waals surface area contributed by atoms with E-state index in [-0.39, 0.29) is 18.8 Å². The van der Waals surface area contributed by atoms with Gasteiger partial charge in [-0.1, -0.05) is 83.3 Å². The van der Waals surface area contributed by atoms with Crippen molar-refractivity contribution in [2.24, 2.45) is 35.7 Å². The van der Waals surface area contributed by atoms with Gasteiger partial charge in [-0.15, -0.1) is 0 Å². The molecule has 67 heavy (non-hydrogen) atoms. The third-order valence-electron chi connectivity index (χ3n) is 13.1. The molecule has 6 aromatic rings. The Balaban J connectivity index is 0.000000190. The zero-order valence-corrected chi connectivity index (χ0v) is 39.6. The molecular weight excluding hydrogens is 882 g/mol. The van der Waals surface area contributed by atoms with Crippen molar-refractivity contribution in [3.8, 4) is 0 Å².